The SMILES string of the molecule is O=C(Cc1ccccc1Br)NCC(F)(F)F. The highest BCUT2D eigenvalue weighted by atomic mass is 79.9. The van der Waals surface area contributed by atoms with Crippen LogP contribution in [0.5, 0.6) is 0 Å². The highest BCUT2D eigenvalue weighted by Crippen LogP contribution is 2.16. The Balaban J connectivity index is 2.50. The summed E-state index contributed by atoms with van der Waals surface area (Å²) in [4.78, 5) is 11.2. The van der Waals surface area contributed by atoms with Gasteiger partial charge in [0.2, 0.25) is 5.91 Å². The first-order valence-corrected chi connectivity index (χ1v) is 5.24. The largest absolute Gasteiger partial charge is 0.405 e. The topological polar surface area (TPSA) is 29.1 Å². The second kappa shape index (κ2) is 5.34. The second-order valence-corrected chi connectivity index (χ2v) is 4.01. The van der Waals surface area contributed by atoms with E-state index in [1.165, 1.54) is 0 Å². The number of hydrogen-bond acceptors (Lipinski definition) is 1. The minimum atomic E-state index is -4.37. The van der Waals surface area contributed by atoms with Crippen LogP contribution >= 0.6 is 15.9 Å². The van der Waals surface area contributed by atoms with Crippen molar-refractivity contribution >= 4 is 21.8 Å². The number of alkyl halides is 3. The van der Waals surface area contributed by atoms with Crippen molar-refractivity contribution in [1.29, 1.82) is 0 Å². The third-order valence-corrected chi connectivity index (χ3v) is 2.57. The zero-order valence-electron chi connectivity index (χ0n) is 8.14. The summed E-state index contributed by atoms with van der Waals surface area (Å²) in [5.74, 6) is -0.649. The average Bonchev–Trinajstić information content (AvgIpc) is 2.18. The van der Waals surface area contributed by atoms with Crippen LogP contribution in [0.25, 0.3) is 0 Å². The van der Waals surface area contributed by atoms with E-state index in [0.29, 0.717) is 10.0 Å². The van der Waals surface area contributed by atoms with Crippen molar-refractivity contribution in [3.63, 3.8) is 0 Å². The van der Waals surface area contributed by atoms with Crippen LogP contribution in [0.15, 0.2) is 28.7 Å². The summed E-state index contributed by atoms with van der Waals surface area (Å²) in [5.41, 5.74) is 0.655. The number of nitrogens with one attached hydrogen (secondary N) is 1. The first kappa shape index (κ1) is 13.0. The molecule has 0 spiro atoms. The van der Waals surface area contributed by atoms with Gasteiger partial charge >= 0.3 is 6.18 Å². The maximum absolute atomic E-state index is 11.8. The Hall–Kier alpha value is -1.04. The fraction of sp³-hybridized carbons (Fsp3) is 0.300. The Labute approximate surface area is 99.0 Å². The predicted octanol–water partition coefficient (Wildman–Crippen LogP) is 2.67. The first-order chi connectivity index (χ1) is 7.38. The van der Waals surface area contributed by atoms with Crippen molar-refractivity contribution < 1.29 is 18.0 Å². The number of rotatable bonds is 3. The van der Waals surface area contributed by atoms with E-state index in [1.54, 1.807) is 24.3 Å². The number of amides is 1. The van der Waals surface area contributed by atoms with Crippen LogP contribution in [0.1, 0.15) is 5.56 Å². The lowest BCUT2D eigenvalue weighted by molar-refractivity contribution is -0.138. The molecule has 0 fully saturated rings. The highest BCUT2D eigenvalue weighted by Gasteiger charge is 2.27. The molecule has 0 atom stereocenters. The van der Waals surface area contributed by atoms with E-state index >= 15 is 0 Å². The summed E-state index contributed by atoms with van der Waals surface area (Å²) in [5, 5.41) is 1.81. The van der Waals surface area contributed by atoms with Crippen LogP contribution in [0.3, 0.4) is 0 Å². The molecule has 16 heavy (non-hydrogen) atoms. The molecule has 0 saturated carbocycles. The Kier molecular flexibility index (Phi) is 4.35. The van der Waals surface area contributed by atoms with Gasteiger partial charge in [0.05, 0.1) is 6.42 Å². The minimum Gasteiger partial charge on any atom is -0.347 e. The molecule has 1 rings (SSSR count). The average molecular weight is 296 g/mol. The lowest BCUT2D eigenvalue weighted by Crippen LogP contribution is -2.34. The van der Waals surface area contributed by atoms with Gasteiger partial charge < -0.3 is 5.32 Å². The molecular formula is C10H9BrF3NO. The van der Waals surface area contributed by atoms with E-state index in [-0.39, 0.29) is 6.42 Å². The van der Waals surface area contributed by atoms with E-state index in [1.807, 2.05) is 5.32 Å². The van der Waals surface area contributed by atoms with Crippen molar-refractivity contribution in [1.82, 2.24) is 5.32 Å². The standard InChI is InChI=1S/C10H9BrF3NO/c11-8-4-2-1-3-7(8)5-9(16)15-6-10(12,13)14/h1-4H,5-6H2,(H,15,16). The Bertz CT molecular complexity index is 379. The molecule has 2 nitrogen and oxygen atoms in total. The summed E-state index contributed by atoms with van der Waals surface area (Å²) >= 11 is 3.21. The molecule has 0 bridgehead atoms. The fourth-order valence-electron chi connectivity index (χ4n) is 1.08. The molecule has 0 unspecified atom stereocenters. The predicted molar refractivity (Wildman–Crippen MR) is 56.9 cm³/mol. The zero-order chi connectivity index (χ0) is 12.2. The second-order valence-electron chi connectivity index (χ2n) is 3.16. The van der Waals surface area contributed by atoms with Crippen molar-refractivity contribution in [3.8, 4) is 0 Å². The van der Waals surface area contributed by atoms with Crippen LogP contribution in [0.4, 0.5) is 13.2 Å². The van der Waals surface area contributed by atoms with Crippen LogP contribution < -0.4 is 5.32 Å². The molecule has 6 heteroatoms. The Morgan fingerprint density at radius 3 is 2.50 bits per heavy atom. The fourth-order valence-corrected chi connectivity index (χ4v) is 1.50. The number of halogens is 4. The molecule has 0 aliphatic rings. The molecule has 1 N–H and O–H groups in total. The minimum absolute atomic E-state index is 0.0719. The monoisotopic (exact) mass is 295 g/mol. The van der Waals surface area contributed by atoms with Crippen molar-refractivity contribution in [2.45, 2.75) is 12.6 Å². The summed E-state index contributed by atoms with van der Waals surface area (Å²) in [6.45, 7) is -1.30. The van der Waals surface area contributed by atoms with E-state index in [4.69, 9.17) is 0 Å². The van der Waals surface area contributed by atoms with Gasteiger partial charge in [0.25, 0.3) is 0 Å². The third-order valence-electron chi connectivity index (χ3n) is 1.79. The molecule has 0 aromatic heterocycles. The quantitative estimate of drug-likeness (QED) is 0.913. The van der Waals surface area contributed by atoms with E-state index in [9.17, 15) is 18.0 Å². The number of benzene rings is 1. The van der Waals surface area contributed by atoms with Gasteiger partial charge in [0.1, 0.15) is 6.54 Å². The molecule has 0 radical (unpaired) electrons. The molecule has 0 heterocycles. The smallest absolute Gasteiger partial charge is 0.347 e. The molecule has 0 aliphatic heterocycles. The molecule has 88 valence electrons. The van der Waals surface area contributed by atoms with Crippen LogP contribution in [0.2, 0.25) is 0 Å². The Morgan fingerprint density at radius 1 is 1.31 bits per heavy atom. The van der Waals surface area contributed by atoms with Gasteiger partial charge in [-0.05, 0) is 11.6 Å². The van der Waals surface area contributed by atoms with Crippen molar-refractivity contribution in [2.24, 2.45) is 0 Å². The van der Waals surface area contributed by atoms with Gasteiger partial charge in [0.15, 0.2) is 0 Å². The maximum atomic E-state index is 11.8. The number of carbonyl (C=O) groups is 1. The lowest BCUT2D eigenvalue weighted by atomic mass is 10.1. The van der Waals surface area contributed by atoms with E-state index in [0.717, 1.165) is 0 Å². The van der Waals surface area contributed by atoms with Gasteiger partial charge in [-0.2, -0.15) is 13.2 Å². The summed E-state index contributed by atoms with van der Waals surface area (Å²) in [7, 11) is 0. The molecule has 0 aliphatic carbocycles. The molecular weight excluding hydrogens is 287 g/mol. The first-order valence-electron chi connectivity index (χ1n) is 4.45. The highest BCUT2D eigenvalue weighted by molar-refractivity contribution is 9.10. The van der Waals surface area contributed by atoms with E-state index in [2.05, 4.69) is 15.9 Å². The van der Waals surface area contributed by atoms with Crippen LogP contribution in [-0.2, 0) is 11.2 Å². The number of carbonyl (C=O) groups excluding carboxylic acids is 1. The molecule has 1 aromatic carbocycles. The third kappa shape index (κ3) is 4.65. The summed E-state index contributed by atoms with van der Waals surface area (Å²) in [6, 6.07) is 6.89. The summed E-state index contributed by atoms with van der Waals surface area (Å²) in [6.07, 6.45) is -4.44. The maximum Gasteiger partial charge on any atom is 0.405 e. The molecule has 1 aromatic rings. The Morgan fingerprint density at radius 2 is 1.94 bits per heavy atom. The van der Waals surface area contributed by atoms with Gasteiger partial charge in [-0.3, -0.25) is 4.79 Å². The van der Waals surface area contributed by atoms with Crippen molar-refractivity contribution in [3.05, 3.63) is 34.3 Å². The van der Waals surface area contributed by atoms with Gasteiger partial charge in [-0.1, -0.05) is 34.1 Å². The van der Waals surface area contributed by atoms with Crippen molar-refractivity contribution in [2.75, 3.05) is 6.54 Å². The normalized spacial score (nSPS) is 11.2. The van der Waals surface area contributed by atoms with Gasteiger partial charge in [0, 0.05) is 4.47 Å². The summed E-state index contributed by atoms with van der Waals surface area (Å²) < 4.78 is 36.1. The van der Waals surface area contributed by atoms with E-state index < -0.39 is 18.6 Å². The van der Waals surface area contributed by atoms with Crippen LogP contribution in [-0.4, -0.2) is 18.6 Å². The number of hydrogen-bond donors (Lipinski definition) is 1. The lowest BCUT2D eigenvalue weighted by Gasteiger charge is -2.08. The zero-order valence-corrected chi connectivity index (χ0v) is 9.73. The van der Waals surface area contributed by atoms with Gasteiger partial charge in [-0.15, -0.1) is 0 Å². The van der Waals surface area contributed by atoms with Gasteiger partial charge in [-0.25, -0.2) is 0 Å². The van der Waals surface area contributed by atoms with Crippen LogP contribution in [0, 0.1) is 0 Å². The molecule has 1 amide bonds. The molecule has 0 saturated heterocycles.